The molecule has 1 amide bonds. The minimum Gasteiger partial charge on any atom is -0.377 e. The van der Waals surface area contributed by atoms with Gasteiger partial charge in [0.1, 0.15) is 0 Å². The predicted octanol–water partition coefficient (Wildman–Crippen LogP) is 6.63. The summed E-state index contributed by atoms with van der Waals surface area (Å²) in [6.07, 6.45) is 22.2. The van der Waals surface area contributed by atoms with Crippen LogP contribution in [-0.2, 0) is 18.1 Å². The summed E-state index contributed by atoms with van der Waals surface area (Å²) < 4.78 is 16.0. The summed E-state index contributed by atoms with van der Waals surface area (Å²) in [4.78, 5) is 11.9. The summed E-state index contributed by atoms with van der Waals surface area (Å²) in [7, 11) is 2.10. The lowest BCUT2D eigenvalue weighted by Crippen LogP contribution is -2.43. The summed E-state index contributed by atoms with van der Waals surface area (Å²) in [5.74, 6) is 0.0546. The van der Waals surface area contributed by atoms with Gasteiger partial charge < -0.3 is 18.6 Å². The van der Waals surface area contributed by atoms with E-state index in [-0.39, 0.29) is 5.91 Å². The number of hydrogen-bond acceptors (Lipinski definition) is 4. The standard InChI is InChI=1S/C24H51NO4Si/c1-5-6-7-8-9-10-11-12-13-14-15-16-17-18-19-20-22-25-24(26)21-23-30(27-2,28-3)29-4/h5-23H2,1-4H3,(H,25,26). The van der Waals surface area contributed by atoms with Gasteiger partial charge in [-0.1, -0.05) is 103 Å². The molecule has 0 saturated heterocycles. The third-order valence-electron chi connectivity index (χ3n) is 5.94. The largest absolute Gasteiger partial charge is 0.500 e. The molecular formula is C24H51NO4Si. The predicted molar refractivity (Wildman–Crippen MR) is 129 cm³/mol. The van der Waals surface area contributed by atoms with E-state index in [0.717, 1.165) is 13.0 Å². The van der Waals surface area contributed by atoms with Crippen molar-refractivity contribution in [1.82, 2.24) is 5.32 Å². The van der Waals surface area contributed by atoms with Crippen molar-refractivity contribution in [3.63, 3.8) is 0 Å². The van der Waals surface area contributed by atoms with Crippen LogP contribution in [-0.4, -0.2) is 42.6 Å². The van der Waals surface area contributed by atoms with Gasteiger partial charge in [-0.05, 0) is 6.42 Å². The van der Waals surface area contributed by atoms with Gasteiger partial charge in [0.05, 0.1) is 0 Å². The topological polar surface area (TPSA) is 56.8 Å². The second-order valence-electron chi connectivity index (χ2n) is 8.45. The van der Waals surface area contributed by atoms with Crippen LogP contribution in [0.4, 0.5) is 0 Å². The van der Waals surface area contributed by atoms with E-state index in [1.165, 1.54) is 96.3 Å². The maximum absolute atomic E-state index is 11.9. The van der Waals surface area contributed by atoms with Crippen molar-refractivity contribution < 1.29 is 18.1 Å². The quantitative estimate of drug-likeness (QED) is 0.142. The average Bonchev–Trinajstić information content (AvgIpc) is 2.77. The van der Waals surface area contributed by atoms with Crippen molar-refractivity contribution >= 4 is 14.7 Å². The first-order valence-corrected chi connectivity index (χ1v) is 14.5. The molecule has 0 fully saturated rings. The molecule has 0 aliphatic heterocycles. The Hall–Kier alpha value is -0.433. The van der Waals surface area contributed by atoms with E-state index >= 15 is 0 Å². The molecule has 0 aliphatic rings. The van der Waals surface area contributed by atoms with E-state index in [0.29, 0.717) is 12.5 Å². The van der Waals surface area contributed by atoms with Gasteiger partial charge in [0, 0.05) is 40.3 Å². The summed E-state index contributed by atoms with van der Waals surface area (Å²) in [6, 6.07) is 0.515. The second-order valence-corrected chi connectivity index (χ2v) is 11.5. The van der Waals surface area contributed by atoms with Crippen molar-refractivity contribution in [1.29, 1.82) is 0 Å². The van der Waals surface area contributed by atoms with Gasteiger partial charge in [-0.15, -0.1) is 0 Å². The first kappa shape index (κ1) is 29.6. The van der Waals surface area contributed by atoms with Crippen molar-refractivity contribution in [3.8, 4) is 0 Å². The van der Waals surface area contributed by atoms with Crippen LogP contribution in [0.5, 0.6) is 0 Å². The zero-order valence-electron chi connectivity index (χ0n) is 20.6. The molecule has 0 aliphatic carbocycles. The molecule has 0 heterocycles. The Labute approximate surface area is 188 Å². The van der Waals surface area contributed by atoms with Crippen LogP contribution in [0.25, 0.3) is 0 Å². The molecule has 0 aromatic carbocycles. The highest BCUT2D eigenvalue weighted by Crippen LogP contribution is 2.15. The number of carbonyl (C=O) groups excluding carboxylic acids is 1. The monoisotopic (exact) mass is 445 g/mol. The second kappa shape index (κ2) is 21.8. The molecular weight excluding hydrogens is 394 g/mol. The fourth-order valence-electron chi connectivity index (χ4n) is 3.81. The zero-order valence-corrected chi connectivity index (χ0v) is 21.6. The van der Waals surface area contributed by atoms with Gasteiger partial charge in [-0.2, -0.15) is 0 Å². The highest BCUT2D eigenvalue weighted by molar-refractivity contribution is 6.60. The molecule has 180 valence electrons. The van der Waals surface area contributed by atoms with Crippen LogP contribution in [0, 0.1) is 0 Å². The van der Waals surface area contributed by atoms with Crippen LogP contribution in [0.15, 0.2) is 0 Å². The van der Waals surface area contributed by atoms with E-state index in [9.17, 15) is 4.79 Å². The molecule has 0 bridgehead atoms. The van der Waals surface area contributed by atoms with E-state index in [2.05, 4.69) is 12.2 Å². The fraction of sp³-hybridized carbons (Fsp3) is 0.958. The highest BCUT2D eigenvalue weighted by Gasteiger charge is 2.37. The smallest absolute Gasteiger partial charge is 0.377 e. The summed E-state index contributed by atoms with van der Waals surface area (Å²) in [5.41, 5.74) is 0. The van der Waals surface area contributed by atoms with Crippen LogP contribution in [0.3, 0.4) is 0 Å². The molecule has 0 aromatic rings. The molecule has 0 saturated carbocycles. The maximum atomic E-state index is 11.9. The Morgan fingerprint density at radius 3 is 1.37 bits per heavy atom. The Bertz CT molecular complexity index is 370. The molecule has 30 heavy (non-hydrogen) atoms. The van der Waals surface area contributed by atoms with Crippen molar-refractivity contribution in [2.45, 2.75) is 122 Å². The van der Waals surface area contributed by atoms with E-state index < -0.39 is 8.80 Å². The molecule has 6 heteroatoms. The number of unbranched alkanes of at least 4 members (excludes halogenated alkanes) is 15. The van der Waals surface area contributed by atoms with Gasteiger partial charge in [0.2, 0.25) is 5.91 Å². The third-order valence-corrected chi connectivity index (χ3v) is 8.67. The number of nitrogens with one attached hydrogen (secondary N) is 1. The van der Waals surface area contributed by atoms with Gasteiger partial charge >= 0.3 is 8.80 Å². The Morgan fingerprint density at radius 1 is 0.633 bits per heavy atom. The van der Waals surface area contributed by atoms with Gasteiger partial charge in [-0.3, -0.25) is 4.79 Å². The van der Waals surface area contributed by atoms with Crippen molar-refractivity contribution in [2.24, 2.45) is 0 Å². The van der Waals surface area contributed by atoms with Crippen molar-refractivity contribution in [2.75, 3.05) is 27.9 Å². The first-order chi connectivity index (χ1) is 14.6. The maximum Gasteiger partial charge on any atom is 0.500 e. The Balaban J connectivity index is 3.32. The number of amides is 1. The van der Waals surface area contributed by atoms with Crippen LogP contribution in [0.1, 0.15) is 116 Å². The number of hydrogen-bond donors (Lipinski definition) is 1. The van der Waals surface area contributed by atoms with E-state index in [1.807, 2.05) is 0 Å². The fourth-order valence-corrected chi connectivity index (χ4v) is 5.46. The molecule has 0 aromatic heterocycles. The van der Waals surface area contributed by atoms with Gasteiger partial charge in [0.15, 0.2) is 0 Å². The third kappa shape index (κ3) is 17.3. The molecule has 0 unspecified atom stereocenters. The van der Waals surface area contributed by atoms with E-state index in [1.54, 1.807) is 21.3 Å². The minimum absolute atomic E-state index is 0.0546. The lowest BCUT2D eigenvalue weighted by molar-refractivity contribution is -0.121. The summed E-state index contributed by atoms with van der Waals surface area (Å²) >= 11 is 0. The highest BCUT2D eigenvalue weighted by atomic mass is 28.4. The lowest BCUT2D eigenvalue weighted by atomic mass is 10.0. The molecule has 0 atom stereocenters. The minimum atomic E-state index is -2.63. The summed E-state index contributed by atoms with van der Waals surface area (Å²) in [6.45, 7) is 3.04. The number of rotatable bonds is 23. The average molecular weight is 446 g/mol. The van der Waals surface area contributed by atoms with Crippen LogP contribution >= 0.6 is 0 Å². The lowest BCUT2D eigenvalue weighted by Gasteiger charge is -2.23. The molecule has 0 spiro atoms. The van der Waals surface area contributed by atoms with Crippen molar-refractivity contribution in [3.05, 3.63) is 0 Å². The first-order valence-electron chi connectivity index (χ1n) is 12.6. The zero-order chi connectivity index (χ0) is 22.3. The van der Waals surface area contributed by atoms with E-state index in [4.69, 9.17) is 13.3 Å². The summed E-state index contributed by atoms with van der Waals surface area (Å²) in [5, 5.41) is 2.99. The van der Waals surface area contributed by atoms with Crippen LogP contribution < -0.4 is 5.32 Å². The number of carbonyl (C=O) groups is 1. The Kier molecular flexibility index (Phi) is 21.5. The normalized spacial score (nSPS) is 11.7. The van der Waals surface area contributed by atoms with Crippen LogP contribution in [0.2, 0.25) is 6.04 Å². The molecule has 1 N–H and O–H groups in total. The molecule has 0 radical (unpaired) electrons. The van der Waals surface area contributed by atoms with Gasteiger partial charge in [0.25, 0.3) is 0 Å². The Morgan fingerprint density at radius 2 is 1.00 bits per heavy atom. The molecule has 0 rings (SSSR count). The SMILES string of the molecule is CCCCCCCCCCCCCCCCCCNC(=O)CC[Si](OC)(OC)OC. The van der Waals surface area contributed by atoms with Gasteiger partial charge in [-0.25, -0.2) is 0 Å². The molecule has 5 nitrogen and oxygen atoms in total.